The van der Waals surface area contributed by atoms with Gasteiger partial charge in [-0.25, -0.2) is 12.8 Å². The van der Waals surface area contributed by atoms with Crippen LogP contribution in [0.4, 0.5) is 10.3 Å². The van der Waals surface area contributed by atoms with E-state index in [1.165, 1.54) is 12.1 Å². The summed E-state index contributed by atoms with van der Waals surface area (Å²) in [5.74, 6) is -0.283. The Labute approximate surface area is 180 Å². The lowest BCUT2D eigenvalue weighted by atomic mass is 10.1. The first-order valence-corrected chi connectivity index (χ1v) is 11.2. The van der Waals surface area contributed by atoms with Gasteiger partial charge in [0.2, 0.25) is 26.6 Å². The van der Waals surface area contributed by atoms with E-state index in [2.05, 4.69) is 10.3 Å². The van der Waals surface area contributed by atoms with Crippen molar-refractivity contribution in [3.05, 3.63) is 95.3 Å². The number of nitrogens with zero attached hydrogens (tertiary/aromatic N) is 1. The molecule has 0 bridgehead atoms. The van der Waals surface area contributed by atoms with Crippen LogP contribution in [0.15, 0.2) is 87.1 Å². The molecule has 0 aliphatic heterocycles. The van der Waals surface area contributed by atoms with Crippen LogP contribution >= 0.6 is 0 Å². The largest absolute Gasteiger partial charge is 0.419 e. The van der Waals surface area contributed by atoms with Gasteiger partial charge in [-0.05, 0) is 55.8 Å². The van der Waals surface area contributed by atoms with Crippen LogP contribution in [-0.4, -0.2) is 13.4 Å². The summed E-state index contributed by atoms with van der Waals surface area (Å²) < 4.78 is 45.7. The van der Waals surface area contributed by atoms with Gasteiger partial charge < -0.3 is 9.73 Å². The highest BCUT2D eigenvalue weighted by molar-refractivity contribution is 7.91. The molecule has 1 N–H and O–H groups in total. The summed E-state index contributed by atoms with van der Waals surface area (Å²) in [5, 5.41) is 2.83. The first kappa shape index (κ1) is 20.8. The van der Waals surface area contributed by atoms with Crippen molar-refractivity contribution in [2.75, 3.05) is 5.32 Å². The molecule has 5 nitrogen and oxygen atoms in total. The zero-order valence-corrected chi connectivity index (χ0v) is 17.9. The third-order valence-electron chi connectivity index (χ3n) is 4.81. The van der Waals surface area contributed by atoms with Crippen LogP contribution in [0.5, 0.6) is 0 Å². The molecule has 158 valence electrons. The fourth-order valence-electron chi connectivity index (χ4n) is 3.12. The second kappa shape index (κ2) is 8.35. The summed E-state index contributed by atoms with van der Waals surface area (Å²) >= 11 is 0. The number of anilines is 1. The summed E-state index contributed by atoms with van der Waals surface area (Å²) in [7, 11) is -4.03. The van der Waals surface area contributed by atoms with Crippen molar-refractivity contribution in [3.8, 4) is 11.5 Å². The molecule has 7 heteroatoms. The van der Waals surface area contributed by atoms with Gasteiger partial charge >= 0.3 is 0 Å². The molecule has 1 aromatic heterocycles. The number of benzene rings is 3. The van der Waals surface area contributed by atoms with Gasteiger partial charge in [0.1, 0.15) is 5.82 Å². The molecule has 0 spiro atoms. The highest BCUT2D eigenvalue weighted by Crippen LogP contribution is 2.33. The lowest BCUT2D eigenvalue weighted by molar-refractivity contribution is 0.576. The van der Waals surface area contributed by atoms with Crippen LogP contribution in [0.1, 0.15) is 16.7 Å². The maximum absolute atomic E-state index is 13.3. The molecule has 0 saturated heterocycles. The number of halogens is 1. The number of rotatable bonds is 6. The summed E-state index contributed by atoms with van der Waals surface area (Å²) in [4.78, 5) is 4.25. The lowest BCUT2D eigenvalue weighted by Crippen LogP contribution is -2.07. The monoisotopic (exact) mass is 436 g/mol. The molecule has 0 saturated carbocycles. The van der Waals surface area contributed by atoms with Crippen LogP contribution in [-0.2, 0) is 16.4 Å². The summed E-state index contributed by atoms with van der Waals surface area (Å²) in [6.45, 7) is 4.28. The van der Waals surface area contributed by atoms with Crippen LogP contribution in [0.3, 0.4) is 0 Å². The smallest absolute Gasteiger partial charge is 0.234 e. The van der Waals surface area contributed by atoms with Gasteiger partial charge in [-0.2, -0.15) is 4.98 Å². The van der Waals surface area contributed by atoms with Gasteiger partial charge in [-0.15, -0.1) is 0 Å². The van der Waals surface area contributed by atoms with E-state index in [9.17, 15) is 12.8 Å². The van der Waals surface area contributed by atoms with Gasteiger partial charge in [-0.3, -0.25) is 0 Å². The van der Waals surface area contributed by atoms with Gasteiger partial charge in [0.05, 0.1) is 4.90 Å². The molecule has 31 heavy (non-hydrogen) atoms. The van der Waals surface area contributed by atoms with Crippen LogP contribution < -0.4 is 5.32 Å². The molecule has 0 aliphatic rings. The van der Waals surface area contributed by atoms with E-state index in [0.29, 0.717) is 12.1 Å². The van der Waals surface area contributed by atoms with Gasteiger partial charge in [0.15, 0.2) is 0 Å². The zero-order valence-electron chi connectivity index (χ0n) is 17.1. The van der Waals surface area contributed by atoms with Crippen LogP contribution in [0.25, 0.3) is 11.5 Å². The number of aryl methyl sites for hydroxylation is 2. The minimum Gasteiger partial charge on any atom is -0.419 e. The van der Waals surface area contributed by atoms with Crippen molar-refractivity contribution >= 4 is 15.7 Å². The predicted octanol–water partition coefficient (Wildman–Crippen LogP) is 5.54. The van der Waals surface area contributed by atoms with E-state index in [-0.39, 0.29) is 21.7 Å². The second-order valence-corrected chi connectivity index (χ2v) is 9.18. The molecule has 0 radical (unpaired) electrons. The number of oxazole rings is 1. The Morgan fingerprint density at radius 2 is 1.65 bits per heavy atom. The van der Waals surface area contributed by atoms with Crippen LogP contribution in [0, 0.1) is 19.7 Å². The maximum atomic E-state index is 13.3. The molecule has 3 aromatic carbocycles. The van der Waals surface area contributed by atoms with Gasteiger partial charge in [0, 0.05) is 12.1 Å². The van der Waals surface area contributed by atoms with E-state index < -0.39 is 15.7 Å². The second-order valence-electron chi connectivity index (χ2n) is 7.32. The van der Waals surface area contributed by atoms with E-state index >= 15 is 0 Å². The highest BCUT2D eigenvalue weighted by atomic mass is 32.2. The van der Waals surface area contributed by atoms with Crippen molar-refractivity contribution < 1.29 is 17.2 Å². The van der Waals surface area contributed by atoms with E-state index in [4.69, 9.17) is 4.42 Å². The molecule has 4 rings (SSSR count). The number of nitrogens with one attached hydrogen (secondary N) is 1. The van der Waals surface area contributed by atoms with Crippen molar-refractivity contribution in [1.29, 1.82) is 0 Å². The molecular weight excluding hydrogens is 415 g/mol. The molecule has 0 fully saturated rings. The van der Waals surface area contributed by atoms with Gasteiger partial charge in [0.25, 0.3) is 0 Å². The molecular formula is C24H21FN2O3S. The Balaban J connectivity index is 1.76. The Bertz CT molecular complexity index is 1310. The number of aromatic nitrogens is 1. The first-order valence-electron chi connectivity index (χ1n) is 9.71. The fourth-order valence-corrected chi connectivity index (χ4v) is 4.39. The highest BCUT2D eigenvalue weighted by Gasteiger charge is 2.28. The molecule has 0 amide bonds. The summed E-state index contributed by atoms with van der Waals surface area (Å²) in [5.41, 5.74) is 3.75. The third kappa shape index (κ3) is 4.51. The van der Waals surface area contributed by atoms with E-state index in [1.54, 1.807) is 6.07 Å². The average Bonchev–Trinajstić information content (AvgIpc) is 3.19. The zero-order chi connectivity index (χ0) is 22.0. The number of sulfone groups is 1. The topological polar surface area (TPSA) is 72.2 Å². The van der Waals surface area contributed by atoms with Crippen molar-refractivity contribution in [1.82, 2.24) is 4.98 Å². The molecule has 4 aromatic rings. The van der Waals surface area contributed by atoms with E-state index in [1.807, 2.05) is 56.3 Å². The molecule has 0 aliphatic carbocycles. The maximum Gasteiger partial charge on any atom is 0.234 e. The Morgan fingerprint density at radius 3 is 2.32 bits per heavy atom. The Morgan fingerprint density at radius 1 is 0.935 bits per heavy atom. The fraction of sp³-hybridized carbons (Fsp3) is 0.125. The summed E-state index contributed by atoms with van der Waals surface area (Å²) in [6, 6.07) is 20.0. The SMILES string of the molecule is Cc1ccc(CNc2oc(-c3cccc(C)c3)nc2S(=O)(=O)c2ccc(F)cc2)cc1. The van der Waals surface area contributed by atoms with Gasteiger partial charge in [-0.1, -0.05) is 47.5 Å². The average molecular weight is 437 g/mol. The molecule has 1 heterocycles. The van der Waals surface area contributed by atoms with Crippen molar-refractivity contribution in [2.45, 2.75) is 30.3 Å². The summed E-state index contributed by atoms with van der Waals surface area (Å²) in [6.07, 6.45) is 0. The number of hydrogen-bond donors (Lipinski definition) is 1. The number of hydrogen-bond acceptors (Lipinski definition) is 5. The minimum atomic E-state index is -4.03. The minimum absolute atomic E-state index is 0.0430. The first-order chi connectivity index (χ1) is 14.8. The third-order valence-corrected chi connectivity index (χ3v) is 6.49. The molecule has 0 unspecified atom stereocenters. The lowest BCUT2D eigenvalue weighted by Gasteiger charge is -2.07. The quantitative estimate of drug-likeness (QED) is 0.402. The predicted molar refractivity (Wildman–Crippen MR) is 117 cm³/mol. The van der Waals surface area contributed by atoms with Crippen LogP contribution in [0.2, 0.25) is 0 Å². The van der Waals surface area contributed by atoms with Crippen molar-refractivity contribution in [2.24, 2.45) is 0 Å². The Hall–Kier alpha value is -3.45. The standard InChI is InChI=1S/C24H21FN2O3S/c1-16-6-8-18(9-7-16)15-26-23-24(31(28,29)21-12-10-20(25)11-13-21)27-22(30-23)19-5-3-4-17(2)14-19/h3-14,26H,15H2,1-2H3. The van der Waals surface area contributed by atoms with Crippen molar-refractivity contribution in [3.63, 3.8) is 0 Å². The normalized spacial score (nSPS) is 11.5. The molecule has 0 atom stereocenters. The van der Waals surface area contributed by atoms with E-state index in [0.717, 1.165) is 28.8 Å². The Kier molecular flexibility index (Phi) is 5.61.